The van der Waals surface area contributed by atoms with Crippen molar-refractivity contribution in [2.24, 2.45) is 0 Å². The maximum atomic E-state index is 12.9. The third-order valence-electron chi connectivity index (χ3n) is 3.83. The Bertz CT molecular complexity index is 779. The van der Waals surface area contributed by atoms with Crippen LogP contribution in [-0.4, -0.2) is 22.5 Å². The molecule has 0 spiro atoms. The Kier molecular flexibility index (Phi) is 4.36. The standard InChI is InChI=1S/C16H13ClF3N3O/c17-14-2-1-12(7-13(14)16(18,19)20)22-15(24)23-6-4-10-8-21-5-3-11(10)9-23/h1-3,5,7-8H,4,6,9H2,(H,22,24). The average Bonchev–Trinajstić information content (AvgIpc) is 2.55. The van der Waals surface area contributed by atoms with Gasteiger partial charge in [-0.25, -0.2) is 4.79 Å². The molecule has 1 aliphatic heterocycles. The van der Waals surface area contributed by atoms with Crippen LogP contribution in [0.15, 0.2) is 36.7 Å². The molecule has 0 fully saturated rings. The quantitative estimate of drug-likeness (QED) is 0.827. The van der Waals surface area contributed by atoms with Gasteiger partial charge in [0, 0.05) is 31.2 Å². The van der Waals surface area contributed by atoms with Crippen LogP contribution in [0.3, 0.4) is 0 Å². The molecule has 24 heavy (non-hydrogen) atoms. The number of fused-ring (bicyclic) bond motifs is 1. The number of amides is 2. The van der Waals surface area contributed by atoms with Crippen molar-refractivity contribution in [3.8, 4) is 0 Å². The highest BCUT2D eigenvalue weighted by Crippen LogP contribution is 2.36. The topological polar surface area (TPSA) is 45.2 Å². The number of hydrogen-bond acceptors (Lipinski definition) is 2. The predicted molar refractivity (Wildman–Crippen MR) is 83.8 cm³/mol. The number of aromatic nitrogens is 1. The SMILES string of the molecule is O=C(Nc1ccc(Cl)c(C(F)(F)F)c1)N1CCc2cnccc2C1. The number of nitrogens with one attached hydrogen (secondary N) is 1. The third kappa shape index (κ3) is 3.46. The van der Waals surface area contributed by atoms with E-state index in [9.17, 15) is 18.0 Å². The summed E-state index contributed by atoms with van der Waals surface area (Å²) in [5, 5.41) is 2.09. The molecule has 0 saturated heterocycles. The van der Waals surface area contributed by atoms with Crippen LogP contribution in [-0.2, 0) is 19.1 Å². The zero-order valence-corrected chi connectivity index (χ0v) is 13.2. The van der Waals surface area contributed by atoms with Gasteiger partial charge in [-0.1, -0.05) is 11.6 Å². The molecule has 1 N–H and O–H groups in total. The van der Waals surface area contributed by atoms with Crippen LogP contribution in [0, 0.1) is 0 Å². The Labute approximate surface area is 141 Å². The van der Waals surface area contributed by atoms with E-state index < -0.39 is 22.8 Å². The molecule has 2 heterocycles. The Morgan fingerprint density at radius 1 is 1.25 bits per heavy atom. The first-order valence-corrected chi connectivity index (χ1v) is 7.57. The second-order valence-corrected chi connectivity index (χ2v) is 5.85. The van der Waals surface area contributed by atoms with E-state index in [0.29, 0.717) is 19.5 Å². The Morgan fingerprint density at radius 2 is 2.04 bits per heavy atom. The van der Waals surface area contributed by atoms with Crippen molar-refractivity contribution in [3.05, 3.63) is 58.4 Å². The monoisotopic (exact) mass is 355 g/mol. The molecular weight excluding hydrogens is 343 g/mol. The van der Waals surface area contributed by atoms with E-state index in [1.165, 1.54) is 6.07 Å². The minimum absolute atomic E-state index is 0.0530. The minimum atomic E-state index is -4.57. The number of urea groups is 1. The summed E-state index contributed by atoms with van der Waals surface area (Å²) in [4.78, 5) is 17.9. The summed E-state index contributed by atoms with van der Waals surface area (Å²) in [5.41, 5.74) is 1.14. The van der Waals surface area contributed by atoms with Crippen molar-refractivity contribution in [1.82, 2.24) is 9.88 Å². The van der Waals surface area contributed by atoms with Crippen LogP contribution in [0.1, 0.15) is 16.7 Å². The number of benzene rings is 1. The second kappa shape index (κ2) is 6.32. The summed E-state index contributed by atoms with van der Waals surface area (Å²) >= 11 is 5.57. The highest BCUT2D eigenvalue weighted by Gasteiger charge is 2.33. The number of halogens is 4. The Morgan fingerprint density at radius 3 is 2.79 bits per heavy atom. The molecule has 1 aliphatic rings. The molecule has 0 bridgehead atoms. The number of rotatable bonds is 1. The molecule has 0 atom stereocenters. The van der Waals surface area contributed by atoms with Gasteiger partial charge in [0.15, 0.2) is 0 Å². The van der Waals surface area contributed by atoms with Gasteiger partial charge in [-0.3, -0.25) is 4.98 Å². The van der Waals surface area contributed by atoms with Crippen LogP contribution < -0.4 is 5.32 Å². The van der Waals surface area contributed by atoms with Crippen molar-refractivity contribution in [2.75, 3.05) is 11.9 Å². The van der Waals surface area contributed by atoms with E-state index >= 15 is 0 Å². The number of nitrogens with zero attached hydrogens (tertiary/aromatic N) is 2. The van der Waals surface area contributed by atoms with E-state index in [1.54, 1.807) is 17.3 Å². The van der Waals surface area contributed by atoms with Crippen LogP contribution in [0.2, 0.25) is 5.02 Å². The number of anilines is 1. The van der Waals surface area contributed by atoms with Crippen molar-refractivity contribution in [1.29, 1.82) is 0 Å². The molecule has 1 aromatic carbocycles. The van der Waals surface area contributed by atoms with E-state index in [2.05, 4.69) is 10.3 Å². The molecule has 0 saturated carbocycles. The number of carbonyl (C=O) groups excluding carboxylic acids is 1. The van der Waals surface area contributed by atoms with Crippen LogP contribution >= 0.6 is 11.6 Å². The largest absolute Gasteiger partial charge is 0.417 e. The first-order chi connectivity index (χ1) is 11.3. The molecule has 8 heteroatoms. The number of hydrogen-bond donors (Lipinski definition) is 1. The molecule has 126 valence electrons. The molecule has 4 nitrogen and oxygen atoms in total. The first-order valence-electron chi connectivity index (χ1n) is 7.19. The van der Waals surface area contributed by atoms with Gasteiger partial charge in [0.2, 0.25) is 0 Å². The van der Waals surface area contributed by atoms with Gasteiger partial charge < -0.3 is 10.2 Å². The zero-order chi connectivity index (χ0) is 17.3. The fraction of sp³-hybridized carbons (Fsp3) is 0.250. The van der Waals surface area contributed by atoms with E-state index in [1.807, 2.05) is 6.07 Å². The van der Waals surface area contributed by atoms with Gasteiger partial charge in [-0.05, 0) is 41.8 Å². The Balaban J connectivity index is 1.74. The van der Waals surface area contributed by atoms with Gasteiger partial charge >= 0.3 is 12.2 Å². The highest BCUT2D eigenvalue weighted by molar-refractivity contribution is 6.31. The molecule has 2 amide bonds. The van der Waals surface area contributed by atoms with Gasteiger partial charge in [0.25, 0.3) is 0 Å². The average molecular weight is 356 g/mol. The van der Waals surface area contributed by atoms with Crippen molar-refractivity contribution in [3.63, 3.8) is 0 Å². The molecule has 3 rings (SSSR count). The van der Waals surface area contributed by atoms with Crippen molar-refractivity contribution in [2.45, 2.75) is 19.1 Å². The number of carbonyl (C=O) groups is 1. The summed E-state index contributed by atoms with van der Waals surface area (Å²) in [6.45, 7) is 0.869. The van der Waals surface area contributed by atoms with Gasteiger partial charge in [-0.15, -0.1) is 0 Å². The van der Waals surface area contributed by atoms with Gasteiger partial charge in [0.1, 0.15) is 0 Å². The lowest BCUT2D eigenvalue weighted by molar-refractivity contribution is -0.137. The molecule has 0 aliphatic carbocycles. The first kappa shape index (κ1) is 16.6. The van der Waals surface area contributed by atoms with Gasteiger partial charge in [-0.2, -0.15) is 13.2 Å². The number of alkyl halides is 3. The number of pyridine rings is 1. The fourth-order valence-corrected chi connectivity index (χ4v) is 2.80. The maximum Gasteiger partial charge on any atom is 0.417 e. The van der Waals surface area contributed by atoms with Crippen LogP contribution in [0.5, 0.6) is 0 Å². The summed E-state index contributed by atoms with van der Waals surface area (Å²) in [6, 6.07) is 4.68. The molecule has 0 radical (unpaired) electrons. The van der Waals surface area contributed by atoms with E-state index in [-0.39, 0.29) is 5.69 Å². The van der Waals surface area contributed by atoms with Crippen LogP contribution in [0.4, 0.5) is 23.7 Å². The van der Waals surface area contributed by atoms with Crippen LogP contribution in [0.25, 0.3) is 0 Å². The molecular formula is C16H13ClF3N3O. The summed E-state index contributed by atoms with van der Waals surface area (Å²) in [6.07, 6.45) is -0.506. The predicted octanol–water partition coefficient (Wildman–Crippen LogP) is 4.34. The molecule has 1 aromatic heterocycles. The molecule has 0 unspecified atom stereocenters. The lowest BCUT2D eigenvalue weighted by Crippen LogP contribution is -2.38. The Hall–Kier alpha value is -2.28. The van der Waals surface area contributed by atoms with E-state index in [0.717, 1.165) is 23.3 Å². The third-order valence-corrected chi connectivity index (χ3v) is 4.16. The summed E-state index contributed by atoms with van der Waals surface area (Å²) < 4.78 is 38.6. The lowest BCUT2D eigenvalue weighted by Gasteiger charge is -2.28. The second-order valence-electron chi connectivity index (χ2n) is 5.44. The maximum absolute atomic E-state index is 12.9. The fourth-order valence-electron chi connectivity index (χ4n) is 2.57. The smallest absolute Gasteiger partial charge is 0.320 e. The van der Waals surface area contributed by atoms with E-state index in [4.69, 9.17) is 11.6 Å². The normalized spacial score (nSPS) is 14.2. The molecule has 2 aromatic rings. The van der Waals surface area contributed by atoms with Crippen molar-refractivity contribution < 1.29 is 18.0 Å². The lowest BCUT2D eigenvalue weighted by atomic mass is 10.0. The zero-order valence-electron chi connectivity index (χ0n) is 12.4. The summed E-state index contributed by atoms with van der Waals surface area (Å²) in [7, 11) is 0. The van der Waals surface area contributed by atoms with Gasteiger partial charge in [0.05, 0.1) is 10.6 Å². The minimum Gasteiger partial charge on any atom is -0.320 e. The highest BCUT2D eigenvalue weighted by atomic mass is 35.5. The van der Waals surface area contributed by atoms with Crippen molar-refractivity contribution >= 4 is 23.3 Å². The summed E-state index contributed by atoms with van der Waals surface area (Å²) in [5.74, 6) is 0.